The average Bonchev–Trinajstić information content (AvgIpc) is 3.99. The van der Waals surface area contributed by atoms with Gasteiger partial charge >= 0.3 is 12.2 Å². The van der Waals surface area contributed by atoms with Crippen molar-refractivity contribution < 1.29 is 28.7 Å². The third kappa shape index (κ3) is 9.83. The molecule has 1 fully saturated rings. The van der Waals surface area contributed by atoms with Crippen LogP contribution in [0.1, 0.15) is 75.3 Å². The van der Waals surface area contributed by atoms with Gasteiger partial charge < -0.3 is 44.8 Å². The van der Waals surface area contributed by atoms with Gasteiger partial charge in [-0.25, -0.2) is 19.6 Å². The fraction of sp³-hybridized carbons (Fsp3) is 0.429. The van der Waals surface area contributed by atoms with Crippen molar-refractivity contribution in [3.63, 3.8) is 0 Å². The third-order valence-corrected chi connectivity index (χ3v) is 10.6. The molecule has 4 N–H and O–H groups in total. The molecule has 1 saturated heterocycles. The van der Waals surface area contributed by atoms with Crippen molar-refractivity contribution in [3.05, 3.63) is 89.5 Å². The van der Waals surface area contributed by atoms with Crippen LogP contribution in [0.5, 0.6) is 0 Å². The highest BCUT2D eigenvalue weighted by molar-refractivity contribution is 5.86. The normalized spacial score (nSPS) is 15.0. The lowest BCUT2D eigenvalue weighted by Crippen LogP contribution is -2.51. The molecule has 0 saturated carbocycles. The molecule has 57 heavy (non-hydrogen) atoms. The van der Waals surface area contributed by atoms with Gasteiger partial charge in [0.1, 0.15) is 24.2 Å². The van der Waals surface area contributed by atoms with E-state index in [-0.39, 0.29) is 36.9 Å². The van der Waals surface area contributed by atoms with E-state index >= 15 is 0 Å². The highest BCUT2D eigenvalue weighted by atomic mass is 16.5. The molecular formula is C42H53N9O6. The van der Waals surface area contributed by atoms with Crippen LogP contribution in [0.4, 0.5) is 15.3 Å². The van der Waals surface area contributed by atoms with Crippen LogP contribution in [0, 0.1) is 5.92 Å². The predicted molar refractivity (Wildman–Crippen MR) is 217 cm³/mol. The summed E-state index contributed by atoms with van der Waals surface area (Å²) in [6.45, 7) is 8.46. The summed E-state index contributed by atoms with van der Waals surface area (Å²) in [4.78, 5) is 72.8. The summed E-state index contributed by atoms with van der Waals surface area (Å²) < 4.78 is 9.43. The van der Waals surface area contributed by atoms with Crippen molar-refractivity contribution >= 4 is 51.8 Å². The molecule has 1 aliphatic rings. The first-order valence-electron chi connectivity index (χ1n) is 19.6. The van der Waals surface area contributed by atoms with Crippen molar-refractivity contribution in [1.29, 1.82) is 0 Å². The molecule has 15 heteroatoms. The van der Waals surface area contributed by atoms with E-state index in [1.165, 1.54) is 14.2 Å². The number of methoxy groups -OCH3 is 2. The minimum absolute atomic E-state index is 0.0789. The number of hydrogen-bond donors (Lipinski definition) is 4. The number of nitrogens with one attached hydrogen (secondary N) is 4. The summed E-state index contributed by atoms with van der Waals surface area (Å²) >= 11 is 0. The van der Waals surface area contributed by atoms with Gasteiger partial charge in [-0.2, -0.15) is 0 Å². The number of fused-ring (bicyclic) bond motifs is 2. The largest absolute Gasteiger partial charge is 0.453 e. The van der Waals surface area contributed by atoms with Crippen molar-refractivity contribution in [2.45, 2.75) is 78.2 Å². The first-order chi connectivity index (χ1) is 27.6. The molecular weight excluding hydrogens is 727 g/mol. The highest BCUT2D eigenvalue weighted by Crippen LogP contribution is 2.32. The molecule has 15 nitrogen and oxygen atoms in total. The van der Waals surface area contributed by atoms with Gasteiger partial charge in [0.15, 0.2) is 0 Å². The van der Waals surface area contributed by atoms with Crippen molar-refractivity contribution in [2.24, 2.45) is 5.92 Å². The van der Waals surface area contributed by atoms with Gasteiger partial charge in [-0.1, -0.05) is 57.5 Å². The first kappa shape index (κ1) is 40.5. The Bertz CT molecular complexity index is 2170. The van der Waals surface area contributed by atoms with Crippen LogP contribution in [0.15, 0.2) is 66.7 Å². The number of imidazole rings is 2. The van der Waals surface area contributed by atoms with Crippen molar-refractivity contribution in [1.82, 2.24) is 40.4 Å². The van der Waals surface area contributed by atoms with Crippen LogP contribution in [0.25, 0.3) is 22.1 Å². The van der Waals surface area contributed by atoms with Gasteiger partial charge in [0.2, 0.25) is 11.8 Å². The lowest BCUT2D eigenvalue weighted by molar-refractivity contribution is -0.135. The van der Waals surface area contributed by atoms with Gasteiger partial charge in [0.25, 0.3) is 0 Å². The van der Waals surface area contributed by atoms with Crippen molar-refractivity contribution in [2.75, 3.05) is 38.8 Å². The Hall–Kier alpha value is -6.12. The molecule has 0 spiro atoms. The zero-order chi connectivity index (χ0) is 40.5. The Labute approximate surface area is 332 Å². The standard InChI is InChI=1S/C42H53N9O6/c1-6-19-49(40(53)38(27(3)7-2)48-42(55)57-5)26-36-44-31-17-15-28(21-33(31)45-36)24-50(30-12-9-8-10-13-30)25-29-16-18-32-34(22-29)47-39(46-32)35-14-11-20-51(35)37(52)23-43-41(54)56-4/h8-10,12-13,15-18,21-22,27,35,38H,6-7,11,14,19-20,23-26H2,1-5H3,(H,43,54)(H,44,45)(H,46,47)(H,48,55)/t27?,35-,38?/m0/s1. The second-order valence-electron chi connectivity index (χ2n) is 14.5. The average molecular weight is 780 g/mol. The van der Waals surface area contributed by atoms with Crippen LogP contribution in [-0.4, -0.2) is 93.6 Å². The minimum Gasteiger partial charge on any atom is -0.453 e. The second kappa shape index (κ2) is 18.7. The quantitative estimate of drug-likeness (QED) is 0.0912. The van der Waals surface area contributed by atoms with Gasteiger partial charge in [-0.15, -0.1) is 0 Å². The maximum absolute atomic E-state index is 13.8. The summed E-state index contributed by atoms with van der Waals surface area (Å²) in [5, 5.41) is 5.22. The van der Waals surface area contributed by atoms with E-state index in [9.17, 15) is 19.2 Å². The number of amides is 4. The summed E-state index contributed by atoms with van der Waals surface area (Å²) in [5.41, 5.74) is 6.63. The molecule has 3 aromatic carbocycles. The summed E-state index contributed by atoms with van der Waals surface area (Å²) in [6.07, 6.45) is 1.83. The zero-order valence-electron chi connectivity index (χ0n) is 33.3. The van der Waals surface area contributed by atoms with Crippen LogP contribution in [0.3, 0.4) is 0 Å². The van der Waals surface area contributed by atoms with Gasteiger partial charge in [-0.05, 0) is 72.7 Å². The number of para-hydroxylation sites is 1. The number of H-pyrrole nitrogens is 2. The van der Waals surface area contributed by atoms with Crippen LogP contribution >= 0.6 is 0 Å². The molecule has 4 amide bonds. The zero-order valence-corrected chi connectivity index (χ0v) is 33.3. The number of anilines is 1. The summed E-state index contributed by atoms with van der Waals surface area (Å²) in [6, 6.07) is 21.7. The Morgan fingerprint density at radius 2 is 1.54 bits per heavy atom. The molecule has 2 aromatic heterocycles. The molecule has 0 bridgehead atoms. The van der Waals surface area contributed by atoms with E-state index < -0.39 is 18.2 Å². The fourth-order valence-corrected chi connectivity index (χ4v) is 7.39. The molecule has 2 unspecified atom stereocenters. The van der Waals surface area contributed by atoms with E-state index in [1.54, 1.807) is 9.80 Å². The topological polar surface area (TPSA) is 178 Å². The number of benzene rings is 3. The Kier molecular flexibility index (Phi) is 13.3. The van der Waals surface area contributed by atoms with Gasteiger partial charge in [0, 0.05) is 31.9 Å². The van der Waals surface area contributed by atoms with Crippen LogP contribution < -0.4 is 15.5 Å². The van der Waals surface area contributed by atoms with Crippen LogP contribution in [-0.2, 0) is 38.7 Å². The minimum atomic E-state index is -0.707. The number of nitrogens with zero attached hydrogens (tertiary/aromatic N) is 5. The SMILES string of the molecule is CCCN(Cc1nc2ccc(CN(Cc3ccc4nc([C@@H]5CCCN5C(=O)CNC(=O)OC)[nH]c4c3)c3ccccc3)cc2[nH]1)C(=O)C(NC(=O)OC)C(C)CC. The highest BCUT2D eigenvalue weighted by Gasteiger charge is 2.33. The fourth-order valence-electron chi connectivity index (χ4n) is 7.39. The lowest BCUT2D eigenvalue weighted by Gasteiger charge is -2.29. The third-order valence-electron chi connectivity index (χ3n) is 10.6. The Morgan fingerprint density at radius 1 is 0.877 bits per heavy atom. The van der Waals surface area contributed by atoms with E-state index in [0.29, 0.717) is 32.0 Å². The number of ether oxygens (including phenoxy) is 2. The lowest BCUT2D eigenvalue weighted by atomic mass is 9.98. The molecule has 1 aliphatic heterocycles. The Balaban J connectivity index is 1.19. The molecule has 0 aliphatic carbocycles. The predicted octanol–water partition coefficient (Wildman–Crippen LogP) is 6.17. The summed E-state index contributed by atoms with van der Waals surface area (Å²) in [5.74, 6) is 0.973. The number of aromatic amines is 2. The number of likely N-dealkylation sites (tertiary alicyclic amines) is 1. The van der Waals surface area contributed by atoms with Crippen LogP contribution in [0.2, 0.25) is 0 Å². The number of rotatable bonds is 16. The van der Waals surface area contributed by atoms with Gasteiger partial charge in [0.05, 0.1) is 48.9 Å². The number of aromatic nitrogens is 4. The molecule has 0 radical (unpaired) electrons. The number of alkyl carbamates (subject to hydrolysis) is 2. The maximum atomic E-state index is 13.8. The van der Waals surface area contributed by atoms with E-state index in [0.717, 1.165) is 70.4 Å². The van der Waals surface area contributed by atoms with E-state index in [2.05, 4.69) is 66.6 Å². The van der Waals surface area contributed by atoms with E-state index in [4.69, 9.17) is 14.7 Å². The van der Waals surface area contributed by atoms with Crippen molar-refractivity contribution in [3.8, 4) is 0 Å². The molecule has 3 atom stereocenters. The number of carbonyl (C=O) groups is 4. The molecule has 5 aromatic rings. The summed E-state index contributed by atoms with van der Waals surface area (Å²) in [7, 11) is 2.56. The smallest absolute Gasteiger partial charge is 0.407 e. The number of carbonyl (C=O) groups excluding carboxylic acids is 4. The first-order valence-corrected chi connectivity index (χ1v) is 19.6. The maximum Gasteiger partial charge on any atom is 0.407 e. The Morgan fingerprint density at radius 3 is 2.19 bits per heavy atom. The molecule has 3 heterocycles. The monoisotopic (exact) mass is 779 g/mol. The molecule has 302 valence electrons. The van der Waals surface area contributed by atoms with Gasteiger partial charge in [-0.3, -0.25) is 9.59 Å². The second-order valence-corrected chi connectivity index (χ2v) is 14.5. The molecule has 6 rings (SSSR count). The number of hydrogen-bond acceptors (Lipinski definition) is 9. The van der Waals surface area contributed by atoms with E-state index in [1.807, 2.05) is 51.1 Å².